The fourth-order valence-electron chi connectivity index (χ4n) is 1.94. The molecule has 2 rings (SSSR count). The summed E-state index contributed by atoms with van der Waals surface area (Å²) in [5.41, 5.74) is 10.1. The van der Waals surface area contributed by atoms with Crippen LogP contribution in [0.3, 0.4) is 0 Å². The van der Waals surface area contributed by atoms with Gasteiger partial charge in [0, 0.05) is 44.6 Å². The van der Waals surface area contributed by atoms with E-state index in [2.05, 4.69) is 17.4 Å². The number of rotatable bonds is 2. The Kier molecular flexibility index (Phi) is 4.24. The Morgan fingerprint density at radius 1 is 1.21 bits per heavy atom. The summed E-state index contributed by atoms with van der Waals surface area (Å²) in [7, 11) is 3.83. The van der Waals surface area contributed by atoms with Gasteiger partial charge in [0.15, 0.2) is 0 Å². The number of hydrogen-bond acceptors (Lipinski definition) is 4. The van der Waals surface area contributed by atoms with Crippen LogP contribution in [-0.4, -0.2) is 56.2 Å². The lowest BCUT2D eigenvalue weighted by Crippen LogP contribution is -2.55. The van der Waals surface area contributed by atoms with E-state index in [0.717, 1.165) is 31.9 Å². The average molecular weight is 263 g/mol. The predicted octanol–water partition coefficient (Wildman–Crippen LogP) is 0.577. The third-order valence-corrected chi connectivity index (χ3v) is 3.34. The highest BCUT2D eigenvalue weighted by Crippen LogP contribution is 2.14. The summed E-state index contributed by atoms with van der Waals surface area (Å²) in [6, 6.07) is 7.11. The van der Waals surface area contributed by atoms with Crippen molar-refractivity contribution < 1.29 is 4.79 Å². The van der Waals surface area contributed by atoms with E-state index in [1.54, 1.807) is 24.1 Å². The number of carbonyl (C=O) groups is 1. The first-order chi connectivity index (χ1) is 9.06. The van der Waals surface area contributed by atoms with Crippen molar-refractivity contribution >= 4 is 17.4 Å². The third kappa shape index (κ3) is 3.59. The van der Waals surface area contributed by atoms with Gasteiger partial charge in [-0.2, -0.15) is 0 Å². The molecule has 1 aliphatic heterocycles. The van der Waals surface area contributed by atoms with E-state index in [1.165, 1.54) is 0 Å². The van der Waals surface area contributed by atoms with Gasteiger partial charge >= 0.3 is 6.03 Å². The number of carbonyl (C=O) groups excluding carboxylic acids is 1. The number of amides is 2. The minimum Gasteiger partial charge on any atom is -0.399 e. The lowest BCUT2D eigenvalue weighted by Gasteiger charge is -2.33. The summed E-state index contributed by atoms with van der Waals surface area (Å²) in [5, 5.41) is 1.95. The van der Waals surface area contributed by atoms with Gasteiger partial charge in [-0.05, 0) is 31.3 Å². The molecule has 104 valence electrons. The Hall–Kier alpha value is -1.79. The summed E-state index contributed by atoms with van der Waals surface area (Å²) in [6.45, 7) is 3.62. The first-order valence-electron chi connectivity index (χ1n) is 6.39. The molecule has 0 spiro atoms. The fourth-order valence-corrected chi connectivity index (χ4v) is 1.94. The smallest absolute Gasteiger partial charge is 0.336 e. The topological polar surface area (TPSA) is 64.8 Å². The highest BCUT2D eigenvalue weighted by atomic mass is 16.2. The minimum absolute atomic E-state index is 0.130. The van der Waals surface area contributed by atoms with Crippen molar-refractivity contribution in [2.24, 2.45) is 0 Å². The van der Waals surface area contributed by atoms with Crippen LogP contribution in [-0.2, 0) is 0 Å². The van der Waals surface area contributed by atoms with Crippen LogP contribution >= 0.6 is 0 Å². The van der Waals surface area contributed by atoms with E-state index in [-0.39, 0.29) is 6.03 Å². The van der Waals surface area contributed by atoms with Gasteiger partial charge in [-0.1, -0.05) is 0 Å². The van der Waals surface area contributed by atoms with Crippen LogP contribution in [0.4, 0.5) is 16.2 Å². The largest absolute Gasteiger partial charge is 0.399 e. The van der Waals surface area contributed by atoms with Gasteiger partial charge in [0.25, 0.3) is 0 Å². The molecule has 6 heteroatoms. The quantitative estimate of drug-likeness (QED) is 0.766. The molecule has 1 aromatic rings. The third-order valence-electron chi connectivity index (χ3n) is 3.34. The van der Waals surface area contributed by atoms with Crippen molar-refractivity contribution in [3.63, 3.8) is 0 Å². The van der Waals surface area contributed by atoms with Gasteiger partial charge in [0.05, 0.1) is 0 Å². The Balaban J connectivity index is 1.90. The molecule has 0 aliphatic carbocycles. The van der Waals surface area contributed by atoms with E-state index >= 15 is 0 Å². The molecule has 1 fully saturated rings. The van der Waals surface area contributed by atoms with Crippen molar-refractivity contribution in [1.29, 1.82) is 0 Å². The molecule has 0 radical (unpaired) electrons. The zero-order valence-electron chi connectivity index (χ0n) is 11.5. The van der Waals surface area contributed by atoms with Gasteiger partial charge in [-0.25, -0.2) is 9.80 Å². The molecule has 2 amide bonds. The van der Waals surface area contributed by atoms with E-state index in [0.29, 0.717) is 5.69 Å². The highest BCUT2D eigenvalue weighted by Gasteiger charge is 2.18. The molecule has 0 saturated carbocycles. The number of hydrogen-bond donors (Lipinski definition) is 2. The Bertz CT molecular complexity index is 425. The number of benzene rings is 1. The minimum atomic E-state index is -0.130. The molecule has 1 saturated heterocycles. The molecule has 1 aliphatic rings. The SMILES string of the molecule is CN1CCN(NC(=O)N(C)c2ccc(N)cc2)CC1. The molecule has 19 heavy (non-hydrogen) atoms. The number of nitrogens with one attached hydrogen (secondary N) is 1. The zero-order chi connectivity index (χ0) is 13.8. The molecular formula is C13H21N5O. The molecule has 0 atom stereocenters. The lowest BCUT2D eigenvalue weighted by molar-refractivity contribution is 0.115. The van der Waals surface area contributed by atoms with Crippen molar-refractivity contribution in [3.8, 4) is 0 Å². The van der Waals surface area contributed by atoms with Gasteiger partial charge in [0.1, 0.15) is 0 Å². The zero-order valence-corrected chi connectivity index (χ0v) is 11.5. The molecule has 0 bridgehead atoms. The van der Waals surface area contributed by atoms with Gasteiger partial charge in [0.2, 0.25) is 0 Å². The number of nitrogen functional groups attached to an aromatic ring is 1. The van der Waals surface area contributed by atoms with Crippen LogP contribution < -0.4 is 16.1 Å². The Morgan fingerprint density at radius 3 is 2.37 bits per heavy atom. The first-order valence-corrected chi connectivity index (χ1v) is 6.39. The molecule has 0 aromatic heterocycles. The Labute approximate surface area is 113 Å². The van der Waals surface area contributed by atoms with Crippen molar-refractivity contribution in [2.75, 3.05) is 50.9 Å². The number of urea groups is 1. The van der Waals surface area contributed by atoms with Crippen LogP contribution in [0.5, 0.6) is 0 Å². The number of hydrazine groups is 1. The van der Waals surface area contributed by atoms with Crippen LogP contribution in [0.2, 0.25) is 0 Å². The maximum atomic E-state index is 12.1. The normalized spacial score (nSPS) is 17.2. The van der Waals surface area contributed by atoms with Crippen molar-refractivity contribution in [3.05, 3.63) is 24.3 Å². The average Bonchev–Trinajstić information content (AvgIpc) is 2.41. The predicted molar refractivity (Wildman–Crippen MR) is 76.9 cm³/mol. The van der Waals surface area contributed by atoms with Crippen LogP contribution in [0, 0.1) is 0 Å². The van der Waals surface area contributed by atoms with Gasteiger partial charge in [-0.15, -0.1) is 0 Å². The van der Waals surface area contributed by atoms with E-state index in [4.69, 9.17) is 5.73 Å². The van der Waals surface area contributed by atoms with E-state index in [1.807, 2.05) is 17.1 Å². The summed E-state index contributed by atoms with van der Waals surface area (Å²) in [5.74, 6) is 0. The highest BCUT2D eigenvalue weighted by molar-refractivity contribution is 5.91. The van der Waals surface area contributed by atoms with Crippen LogP contribution in [0.25, 0.3) is 0 Å². The Morgan fingerprint density at radius 2 is 1.79 bits per heavy atom. The summed E-state index contributed by atoms with van der Waals surface area (Å²) < 4.78 is 0. The maximum absolute atomic E-state index is 12.1. The standard InChI is InChI=1S/C13H21N5O/c1-16-7-9-18(10-8-16)15-13(19)17(2)12-5-3-11(14)4-6-12/h3-6H,7-10,14H2,1-2H3,(H,15,19). The van der Waals surface area contributed by atoms with E-state index in [9.17, 15) is 4.79 Å². The van der Waals surface area contributed by atoms with Crippen LogP contribution in [0.1, 0.15) is 0 Å². The second kappa shape index (κ2) is 5.90. The fraction of sp³-hybridized carbons (Fsp3) is 0.462. The van der Waals surface area contributed by atoms with Crippen molar-refractivity contribution in [1.82, 2.24) is 15.3 Å². The molecule has 6 nitrogen and oxygen atoms in total. The number of nitrogens with zero attached hydrogens (tertiary/aromatic N) is 3. The number of piperazine rings is 1. The summed E-state index contributed by atoms with van der Waals surface area (Å²) >= 11 is 0. The number of likely N-dealkylation sites (N-methyl/N-ethyl adjacent to an activating group) is 1. The van der Waals surface area contributed by atoms with Crippen LogP contribution in [0.15, 0.2) is 24.3 Å². The molecule has 0 unspecified atom stereocenters. The van der Waals surface area contributed by atoms with Crippen molar-refractivity contribution in [2.45, 2.75) is 0 Å². The number of anilines is 2. The lowest BCUT2D eigenvalue weighted by atomic mass is 10.3. The second-order valence-electron chi connectivity index (χ2n) is 4.86. The second-order valence-corrected chi connectivity index (χ2v) is 4.86. The first kappa shape index (κ1) is 13.6. The molecule has 1 aromatic carbocycles. The molecule has 1 heterocycles. The molecular weight excluding hydrogens is 242 g/mol. The summed E-state index contributed by atoms with van der Waals surface area (Å²) in [4.78, 5) is 15.9. The maximum Gasteiger partial charge on any atom is 0.336 e. The molecule has 3 N–H and O–H groups in total. The summed E-state index contributed by atoms with van der Waals surface area (Å²) in [6.07, 6.45) is 0. The number of nitrogens with two attached hydrogens (primary N) is 1. The van der Waals surface area contributed by atoms with Gasteiger partial charge < -0.3 is 10.6 Å². The van der Waals surface area contributed by atoms with E-state index < -0.39 is 0 Å². The monoisotopic (exact) mass is 263 g/mol. The van der Waals surface area contributed by atoms with Gasteiger partial charge in [-0.3, -0.25) is 10.3 Å².